The molecule has 2 fully saturated rings. The Morgan fingerprint density at radius 2 is 2.12 bits per heavy atom. The van der Waals surface area contributed by atoms with Gasteiger partial charge in [-0.05, 0) is 36.3 Å². The number of aromatic amines is 1. The van der Waals surface area contributed by atoms with E-state index >= 15 is 0 Å². The molecule has 2 aliphatic carbocycles. The van der Waals surface area contributed by atoms with Crippen molar-refractivity contribution in [2.24, 2.45) is 10.9 Å². The smallest absolute Gasteiger partial charge is 0.128 e. The summed E-state index contributed by atoms with van der Waals surface area (Å²) in [5.41, 5.74) is 5.73. The highest BCUT2D eigenvalue weighted by Gasteiger charge is 2.56. The Morgan fingerprint density at radius 1 is 1.25 bits per heavy atom. The topological polar surface area (TPSA) is 85.7 Å². The second kappa shape index (κ2) is 7.37. The van der Waals surface area contributed by atoms with Gasteiger partial charge in [-0.3, -0.25) is 9.89 Å². The molecule has 3 heterocycles. The first-order valence-electron chi connectivity index (χ1n) is 11.1. The van der Waals surface area contributed by atoms with E-state index in [0.717, 1.165) is 54.7 Å². The number of hydrogen-bond donors (Lipinski definition) is 2. The highest BCUT2D eigenvalue weighted by molar-refractivity contribution is 6.18. The molecule has 0 amide bonds. The summed E-state index contributed by atoms with van der Waals surface area (Å²) in [7, 11) is 1.64. The van der Waals surface area contributed by atoms with Crippen LogP contribution in [0.25, 0.3) is 5.57 Å². The van der Waals surface area contributed by atoms with Gasteiger partial charge >= 0.3 is 0 Å². The molecule has 1 aromatic carbocycles. The molecule has 7 nitrogen and oxygen atoms in total. The summed E-state index contributed by atoms with van der Waals surface area (Å²) < 4.78 is 11.1. The van der Waals surface area contributed by atoms with Gasteiger partial charge in [0.05, 0.1) is 37.7 Å². The van der Waals surface area contributed by atoms with Gasteiger partial charge in [0.15, 0.2) is 0 Å². The van der Waals surface area contributed by atoms with Crippen molar-refractivity contribution >= 4 is 17.1 Å². The van der Waals surface area contributed by atoms with Crippen LogP contribution >= 0.6 is 0 Å². The van der Waals surface area contributed by atoms with E-state index in [1.54, 1.807) is 13.2 Å². The van der Waals surface area contributed by atoms with E-state index < -0.39 is 0 Å². The summed E-state index contributed by atoms with van der Waals surface area (Å²) in [5, 5.41) is 12.7. The lowest BCUT2D eigenvalue weighted by Gasteiger charge is -2.34. The number of ether oxygens (including phenoxy) is 2. The van der Waals surface area contributed by atoms with Crippen LogP contribution in [-0.4, -0.2) is 61.2 Å². The van der Waals surface area contributed by atoms with E-state index in [9.17, 15) is 5.26 Å². The summed E-state index contributed by atoms with van der Waals surface area (Å²) >= 11 is 0. The van der Waals surface area contributed by atoms with E-state index in [2.05, 4.69) is 45.6 Å². The largest absolute Gasteiger partial charge is 0.496 e. The molecule has 1 unspecified atom stereocenters. The number of nitrogens with one attached hydrogen (secondary N) is 2. The number of aromatic nitrogens is 1. The van der Waals surface area contributed by atoms with E-state index in [-0.39, 0.29) is 5.54 Å². The number of anilines is 1. The first-order valence-corrected chi connectivity index (χ1v) is 11.1. The third-order valence-electron chi connectivity index (χ3n) is 7.02. The van der Waals surface area contributed by atoms with Crippen LogP contribution in [0, 0.1) is 17.2 Å². The zero-order valence-corrected chi connectivity index (χ0v) is 18.0. The molecule has 162 valence electrons. The fourth-order valence-electron chi connectivity index (χ4n) is 5.23. The number of hydrogen-bond acceptors (Lipinski definition) is 6. The first kappa shape index (κ1) is 19.4. The van der Waals surface area contributed by atoms with Crippen LogP contribution < -0.4 is 10.1 Å². The van der Waals surface area contributed by atoms with Gasteiger partial charge in [0.1, 0.15) is 18.2 Å². The second-order valence-corrected chi connectivity index (χ2v) is 8.70. The lowest BCUT2D eigenvalue weighted by molar-refractivity contribution is 0.0178. The summed E-state index contributed by atoms with van der Waals surface area (Å²) in [5.74, 6) is 2.21. The molecule has 1 aromatic heterocycles. The zero-order chi connectivity index (χ0) is 21.7. The predicted octanol–water partition coefficient (Wildman–Crippen LogP) is 3.16. The molecule has 2 N–H and O–H groups in total. The van der Waals surface area contributed by atoms with Gasteiger partial charge in [0.25, 0.3) is 0 Å². The predicted molar refractivity (Wildman–Crippen MR) is 123 cm³/mol. The van der Waals surface area contributed by atoms with Gasteiger partial charge in [-0.15, -0.1) is 0 Å². The maximum Gasteiger partial charge on any atom is 0.128 e. The molecule has 4 aliphatic rings. The molecule has 2 atom stereocenters. The van der Waals surface area contributed by atoms with Crippen molar-refractivity contribution in [1.82, 2.24) is 9.88 Å². The Labute approximate surface area is 187 Å². The van der Waals surface area contributed by atoms with Gasteiger partial charge in [-0.2, -0.15) is 5.26 Å². The average molecular weight is 428 g/mol. The Balaban J connectivity index is 1.31. The molecule has 2 aromatic rings. The Morgan fingerprint density at radius 3 is 2.91 bits per heavy atom. The Bertz CT molecular complexity index is 1210. The molecule has 6 rings (SSSR count). The third kappa shape index (κ3) is 2.99. The molecule has 1 saturated heterocycles. The number of fused-ring (bicyclic) bond motifs is 2. The van der Waals surface area contributed by atoms with Gasteiger partial charge in [0, 0.05) is 41.4 Å². The van der Waals surface area contributed by atoms with Crippen molar-refractivity contribution in [2.75, 3.05) is 45.4 Å². The Hall–Kier alpha value is -3.34. The van der Waals surface area contributed by atoms with Crippen molar-refractivity contribution in [3.63, 3.8) is 0 Å². The molecule has 32 heavy (non-hydrogen) atoms. The van der Waals surface area contributed by atoms with Crippen molar-refractivity contribution in [3.8, 4) is 11.8 Å². The number of benzene rings is 1. The monoisotopic (exact) mass is 427 g/mol. The van der Waals surface area contributed by atoms with Crippen LogP contribution in [0.2, 0.25) is 0 Å². The van der Waals surface area contributed by atoms with Crippen LogP contribution in [0.5, 0.6) is 5.75 Å². The van der Waals surface area contributed by atoms with Gasteiger partial charge < -0.3 is 19.8 Å². The zero-order valence-electron chi connectivity index (χ0n) is 18.0. The molecule has 0 spiro atoms. The highest BCUT2D eigenvalue weighted by Crippen LogP contribution is 2.54. The number of H-pyrrole nitrogens is 1. The molecule has 0 radical (unpaired) electrons. The van der Waals surface area contributed by atoms with Crippen LogP contribution in [0.3, 0.4) is 0 Å². The number of nitrogens with zero attached hydrogens (tertiary/aromatic N) is 3. The number of nitriles is 1. The SMILES string of the molecule is COc1ccc(C#N)cc1C1=NCNc2[nH]c(C3=C[C@H]4CC4(N4CCOCC4)C=C3)cc21. The van der Waals surface area contributed by atoms with Crippen LogP contribution in [0.1, 0.15) is 28.8 Å². The van der Waals surface area contributed by atoms with Gasteiger partial charge in [-0.1, -0.05) is 18.2 Å². The van der Waals surface area contributed by atoms with Crippen molar-refractivity contribution < 1.29 is 9.47 Å². The minimum Gasteiger partial charge on any atom is -0.496 e. The normalized spacial score (nSPS) is 26.2. The maximum atomic E-state index is 9.36. The first-order chi connectivity index (χ1) is 15.7. The van der Waals surface area contributed by atoms with E-state index in [1.165, 1.54) is 12.0 Å². The molecule has 7 heteroatoms. The highest BCUT2D eigenvalue weighted by atomic mass is 16.5. The average Bonchev–Trinajstić information content (AvgIpc) is 3.44. The number of aliphatic imine (C=N–C) groups is 1. The van der Waals surface area contributed by atoms with E-state index in [4.69, 9.17) is 14.5 Å². The lowest BCUT2D eigenvalue weighted by atomic mass is 9.97. The fourth-order valence-corrected chi connectivity index (χ4v) is 5.23. The fraction of sp³-hybridized carbons (Fsp3) is 0.360. The van der Waals surface area contributed by atoms with Crippen molar-refractivity contribution in [3.05, 3.63) is 64.9 Å². The van der Waals surface area contributed by atoms with Gasteiger partial charge in [-0.25, -0.2) is 0 Å². The van der Waals surface area contributed by atoms with Crippen molar-refractivity contribution in [2.45, 2.75) is 12.0 Å². The quantitative estimate of drug-likeness (QED) is 0.783. The van der Waals surface area contributed by atoms with Crippen LogP contribution in [-0.2, 0) is 4.74 Å². The summed E-state index contributed by atoms with van der Waals surface area (Å²) in [6, 6.07) is 9.81. The maximum absolute atomic E-state index is 9.36. The summed E-state index contributed by atoms with van der Waals surface area (Å²) in [4.78, 5) is 10.8. The summed E-state index contributed by atoms with van der Waals surface area (Å²) in [6.07, 6.45) is 8.22. The molecule has 1 saturated carbocycles. The van der Waals surface area contributed by atoms with Crippen LogP contribution in [0.4, 0.5) is 5.82 Å². The molecule has 2 aliphatic heterocycles. The summed E-state index contributed by atoms with van der Waals surface area (Å²) in [6.45, 7) is 4.14. The number of allylic oxidation sites excluding steroid dienone is 2. The van der Waals surface area contributed by atoms with Crippen LogP contribution in [0.15, 0.2) is 47.5 Å². The number of methoxy groups -OCH3 is 1. The lowest BCUT2D eigenvalue weighted by Crippen LogP contribution is -2.45. The third-order valence-corrected chi connectivity index (χ3v) is 7.02. The van der Waals surface area contributed by atoms with Gasteiger partial charge in [0.2, 0.25) is 0 Å². The van der Waals surface area contributed by atoms with E-state index in [1.807, 2.05) is 12.1 Å². The standard InChI is InChI=1S/C25H25N5O2/c1-31-22-3-2-16(14-26)10-19(22)23-20-12-21(29-24(20)28-15-27-23)17-4-5-25(13-18(25)11-17)30-6-8-32-9-7-30/h2-5,10-12,18,28-29H,6-9,13,15H2,1H3/t18-,25?/m0/s1. The number of morpholine rings is 1. The second-order valence-electron chi connectivity index (χ2n) is 8.70. The van der Waals surface area contributed by atoms with E-state index in [0.29, 0.717) is 23.9 Å². The van der Waals surface area contributed by atoms with Crippen molar-refractivity contribution in [1.29, 1.82) is 5.26 Å². The number of rotatable bonds is 4. The molecule has 0 bridgehead atoms. The minimum atomic E-state index is 0.190. The Kier molecular flexibility index (Phi) is 4.46. The molecular formula is C25H25N5O2. The minimum absolute atomic E-state index is 0.190. The molecular weight excluding hydrogens is 402 g/mol.